The summed E-state index contributed by atoms with van der Waals surface area (Å²) in [5.74, 6) is -2.89. The minimum atomic E-state index is -1.18. The smallest absolute Gasteiger partial charge is 0.269 e. The molecule has 3 aromatic carbocycles. The van der Waals surface area contributed by atoms with E-state index in [9.17, 15) is 33.3 Å². The quantitative estimate of drug-likeness (QED) is 0.313. The van der Waals surface area contributed by atoms with E-state index in [0.717, 1.165) is 29.2 Å². The summed E-state index contributed by atoms with van der Waals surface area (Å²) in [7, 11) is 0. The Balaban J connectivity index is 1.68. The fraction of sp³-hybridized carbons (Fsp3) is 0.125. The van der Waals surface area contributed by atoms with Gasteiger partial charge in [-0.25, -0.2) is 13.7 Å². The van der Waals surface area contributed by atoms with Crippen LogP contribution in [0.4, 0.5) is 20.2 Å². The summed E-state index contributed by atoms with van der Waals surface area (Å²) in [6.07, 6.45) is -0.309. The molecule has 3 amide bonds. The van der Waals surface area contributed by atoms with Crippen molar-refractivity contribution in [3.63, 3.8) is 0 Å². The van der Waals surface area contributed by atoms with Crippen LogP contribution in [0.25, 0.3) is 0 Å². The molecule has 0 bridgehead atoms. The first-order chi connectivity index (χ1) is 16.2. The molecule has 1 unspecified atom stereocenters. The summed E-state index contributed by atoms with van der Waals surface area (Å²) in [6, 6.07) is 13.8. The van der Waals surface area contributed by atoms with Gasteiger partial charge in [0, 0.05) is 24.2 Å². The Morgan fingerprint density at radius 1 is 0.941 bits per heavy atom. The van der Waals surface area contributed by atoms with Gasteiger partial charge in [-0.1, -0.05) is 12.1 Å². The maximum Gasteiger partial charge on any atom is 0.269 e. The molecule has 0 spiro atoms. The number of anilines is 1. The van der Waals surface area contributed by atoms with Crippen LogP contribution in [-0.2, 0) is 16.1 Å². The first kappa shape index (κ1) is 22.7. The van der Waals surface area contributed by atoms with E-state index in [1.165, 1.54) is 53.4 Å². The predicted octanol–water partition coefficient (Wildman–Crippen LogP) is 3.85. The number of nitro groups is 1. The molecule has 3 aromatic rings. The summed E-state index contributed by atoms with van der Waals surface area (Å²) < 4.78 is 26.7. The summed E-state index contributed by atoms with van der Waals surface area (Å²) in [6.45, 7) is -0.114. The molecule has 0 radical (unpaired) electrons. The maximum atomic E-state index is 13.4. The minimum Gasteiger partial charge on any atom is -0.322 e. The Bertz CT molecular complexity index is 1260. The monoisotopic (exact) mass is 465 g/mol. The van der Waals surface area contributed by atoms with E-state index >= 15 is 0 Å². The van der Waals surface area contributed by atoms with Crippen molar-refractivity contribution in [2.45, 2.75) is 19.0 Å². The number of imide groups is 1. The zero-order valence-corrected chi connectivity index (χ0v) is 17.6. The Kier molecular flexibility index (Phi) is 6.13. The molecular weight excluding hydrogens is 448 g/mol. The van der Waals surface area contributed by atoms with Crippen LogP contribution in [-0.4, -0.2) is 33.6 Å². The molecule has 1 atom stereocenters. The van der Waals surface area contributed by atoms with E-state index in [2.05, 4.69) is 0 Å². The highest BCUT2D eigenvalue weighted by molar-refractivity contribution is 6.23. The number of benzene rings is 3. The van der Waals surface area contributed by atoms with Crippen LogP contribution in [0.1, 0.15) is 22.3 Å². The van der Waals surface area contributed by atoms with Gasteiger partial charge in [0.15, 0.2) is 0 Å². The van der Waals surface area contributed by atoms with E-state index in [-0.39, 0.29) is 29.9 Å². The van der Waals surface area contributed by atoms with Crippen LogP contribution in [0.2, 0.25) is 0 Å². The van der Waals surface area contributed by atoms with Crippen molar-refractivity contribution in [2.75, 3.05) is 4.90 Å². The molecule has 4 rings (SSSR count). The molecule has 10 heteroatoms. The van der Waals surface area contributed by atoms with E-state index in [0.29, 0.717) is 5.56 Å². The van der Waals surface area contributed by atoms with Gasteiger partial charge >= 0.3 is 0 Å². The lowest BCUT2D eigenvalue weighted by Gasteiger charge is -2.28. The zero-order chi connectivity index (χ0) is 24.4. The standard InChI is InChI=1S/C24H17F2N3O5/c25-17-5-1-15(2-6-17)14-27(23(31)16-3-9-20(10-4-16)29(33)34)21-13-22(30)28(24(21)32)19-11-7-18(26)8-12-19/h1-12,21H,13-14H2. The van der Waals surface area contributed by atoms with Crippen molar-refractivity contribution in [1.29, 1.82) is 0 Å². The van der Waals surface area contributed by atoms with Crippen LogP contribution in [0, 0.1) is 21.7 Å². The fourth-order valence-corrected chi connectivity index (χ4v) is 3.72. The van der Waals surface area contributed by atoms with Crippen molar-refractivity contribution in [3.05, 3.63) is 106 Å². The molecule has 0 N–H and O–H groups in total. The van der Waals surface area contributed by atoms with Gasteiger partial charge in [0.1, 0.15) is 17.7 Å². The van der Waals surface area contributed by atoms with Gasteiger partial charge in [0.2, 0.25) is 5.91 Å². The molecule has 8 nitrogen and oxygen atoms in total. The first-order valence-corrected chi connectivity index (χ1v) is 10.2. The highest BCUT2D eigenvalue weighted by Gasteiger charge is 2.44. The Morgan fingerprint density at radius 3 is 2.06 bits per heavy atom. The molecule has 1 heterocycles. The third-order valence-electron chi connectivity index (χ3n) is 5.44. The maximum absolute atomic E-state index is 13.4. The number of carbonyl (C=O) groups is 3. The summed E-state index contributed by atoms with van der Waals surface area (Å²) >= 11 is 0. The number of nitro benzene ring substituents is 1. The summed E-state index contributed by atoms with van der Waals surface area (Å²) in [5, 5.41) is 10.9. The number of hydrogen-bond acceptors (Lipinski definition) is 5. The Morgan fingerprint density at radius 2 is 1.50 bits per heavy atom. The van der Waals surface area contributed by atoms with Crippen LogP contribution < -0.4 is 4.90 Å². The second kappa shape index (κ2) is 9.18. The van der Waals surface area contributed by atoms with Gasteiger partial charge in [0.05, 0.1) is 17.0 Å². The number of rotatable bonds is 6. The highest BCUT2D eigenvalue weighted by Crippen LogP contribution is 2.28. The van der Waals surface area contributed by atoms with Crippen LogP contribution >= 0.6 is 0 Å². The zero-order valence-electron chi connectivity index (χ0n) is 17.6. The molecule has 34 heavy (non-hydrogen) atoms. The molecule has 1 saturated heterocycles. The Hall–Kier alpha value is -4.47. The van der Waals surface area contributed by atoms with E-state index < -0.39 is 40.3 Å². The SMILES string of the molecule is O=C1CC(N(Cc2ccc(F)cc2)C(=O)c2ccc([N+](=O)[O-])cc2)C(=O)N1c1ccc(F)cc1. The second-order valence-corrected chi connectivity index (χ2v) is 7.63. The lowest BCUT2D eigenvalue weighted by atomic mass is 10.1. The minimum absolute atomic E-state index is 0.0770. The number of non-ortho nitro benzene ring substituents is 1. The van der Waals surface area contributed by atoms with Gasteiger partial charge in [-0.3, -0.25) is 24.5 Å². The average molecular weight is 465 g/mol. The molecule has 172 valence electrons. The first-order valence-electron chi connectivity index (χ1n) is 10.2. The molecular formula is C24H17F2N3O5. The number of nitrogens with zero attached hydrogens (tertiary/aromatic N) is 3. The van der Waals surface area contributed by atoms with Gasteiger partial charge in [-0.05, 0) is 54.1 Å². The van der Waals surface area contributed by atoms with Crippen molar-refractivity contribution >= 4 is 29.1 Å². The van der Waals surface area contributed by atoms with Crippen LogP contribution in [0.15, 0.2) is 72.8 Å². The van der Waals surface area contributed by atoms with E-state index in [1.807, 2.05) is 0 Å². The number of amides is 3. The second-order valence-electron chi connectivity index (χ2n) is 7.63. The average Bonchev–Trinajstić information content (AvgIpc) is 3.12. The highest BCUT2D eigenvalue weighted by atomic mass is 19.1. The topological polar surface area (TPSA) is 101 Å². The summed E-state index contributed by atoms with van der Waals surface area (Å²) in [5.41, 5.74) is 0.546. The van der Waals surface area contributed by atoms with Gasteiger partial charge in [0.25, 0.3) is 17.5 Å². The van der Waals surface area contributed by atoms with E-state index in [4.69, 9.17) is 0 Å². The van der Waals surface area contributed by atoms with Crippen molar-refractivity contribution in [1.82, 2.24) is 4.90 Å². The van der Waals surface area contributed by atoms with Crippen LogP contribution in [0.3, 0.4) is 0 Å². The molecule has 0 aliphatic carbocycles. The summed E-state index contributed by atoms with van der Waals surface area (Å²) in [4.78, 5) is 51.7. The largest absolute Gasteiger partial charge is 0.322 e. The van der Waals surface area contributed by atoms with Gasteiger partial charge in [-0.2, -0.15) is 0 Å². The van der Waals surface area contributed by atoms with Crippen LogP contribution in [0.5, 0.6) is 0 Å². The Labute approximate surface area is 192 Å². The van der Waals surface area contributed by atoms with Gasteiger partial charge in [-0.15, -0.1) is 0 Å². The third kappa shape index (κ3) is 4.51. The molecule has 1 aliphatic heterocycles. The number of hydrogen-bond donors (Lipinski definition) is 0. The molecule has 0 aromatic heterocycles. The van der Waals surface area contributed by atoms with E-state index in [1.54, 1.807) is 0 Å². The third-order valence-corrected chi connectivity index (χ3v) is 5.44. The number of carbonyl (C=O) groups excluding carboxylic acids is 3. The molecule has 0 saturated carbocycles. The van der Waals surface area contributed by atoms with Crippen molar-refractivity contribution in [3.8, 4) is 0 Å². The van der Waals surface area contributed by atoms with Crippen molar-refractivity contribution in [2.24, 2.45) is 0 Å². The predicted molar refractivity (Wildman–Crippen MR) is 117 cm³/mol. The molecule has 1 aliphatic rings. The lowest BCUT2D eigenvalue weighted by molar-refractivity contribution is -0.384. The van der Waals surface area contributed by atoms with Gasteiger partial charge < -0.3 is 4.90 Å². The normalized spacial score (nSPS) is 15.5. The number of halogens is 2. The fourth-order valence-electron chi connectivity index (χ4n) is 3.72. The molecule has 1 fully saturated rings. The van der Waals surface area contributed by atoms with Crippen molar-refractivity contribution < 1.29 is 28.1 Å². The lowest BCUT2D eigenvalue weighted by Crippen LogP contribution is -2.45.